The molecule has 1 aliphatic rings. The first-order valence-corrected chi connectivity index (χ1v) is 10.0. The van der Waals surface area contributed by atoms with Gasteiger partial charge in [-0.3, -0.25) is 4.79 Å². The van der Waals surface area contributed by atoms with E-state index in [0.717, 1.165) is 18.6 Å². The molecule has 0 radical (unpaired) electrons. The minimum atomic E-state index is -3.89. The molecule has 1 amide bonds. The van der Waals surface area contributed by atoms with Crippen LogP contribution in [0.2, 0.25) is 5.02 Å². The quantitative estimate of drug-likeness (QED) is 0.857. The number of hydrogen-bond donors (Lipinski definition) is 1. The lowest BCUT2D eigenvalue weighted by atomic mass is 10.0. The van der Waals surface area contributed by atoms with E-state index in [1.807, 2.05) is 0 Å². The second-order valence-electron chi connectivity index (χ2n) is 6.08. The van der Waals surface area contributed by atoms with Crippen LogP contribution in [0.5, 0.6) is 0 Å². The number of carbonyl (C=O) groups is 1. The summed E-state index contributed by atoms with van der Waals surface area (Å²) in [5.74, 6) is -0.921. The van der Waals surface area contributed by atoms with Crippen molar-refractivity contribution in [3.63, 3.8) is 0 Å². The molecule has 2 aromatic rings. The molecule has 1 atom stereocenters. The van der Waals surface area contributed by atoms with Gasteiger partial charge >= 0.3 is 0 Å². The largest absolute Gasteiger partial charge is 0.325 e. The number of benzene rings is 2. The fourth-order valence-corrected chi connectivity index (χ4v) is 4.84. The Morgan fingerprint density at radius 1 is 1.15 bits per heavy atom. The van der Waals surface area contributed by atoms with Gasteiger partial charge in [0.15, 0.2) is 0 Å². The number of rotatable bonds is 4. The van der Waals surface area contributed by atoms with Crippen LogP contribution in [0.3, 0.4) is 0 Å². The van der Waals surface area contributed by atoms with Crippen molar-refractivity contribution in [3.8, 4) is 0 Å². The average Bonchev–Trinajstić information content (AvgIpc) is 2.62. The van der Waals surface area contributed by atoms with E-state index in [2.05, 4.69) is 5.32 Å². The molecule has 1 aliphatic heterocycles. The first kappa shape index (κ1) is 18.8. The molecular weight excluding hydrogens is 379 g/mol. The number of anilines is 1. The van der Waals surface area contributed by atoms with Crippen molar-refractivity contribution >= 4 is 33.2 Å². The highest BCUT2D eigenvalue weighted by atomic mass is 35.5. The fourth-order valence-electron chi connectivity index (χ4n) is 2.99. The van der Waals surface area contributed by atoms with Gasteiger partial charge in [-0.1, -0.05) is 24.1 Å². The number of amides is 1. The van der Waals surface area contributed by atoms with Gasteiger partial charge in [0.25, 0.3) is 0 Å². The Balaban J connectivity index is 1.85. The molecule has 0 aromatic heterocycles. The highest BCUT2D eigenvalue weighted by molar-refractivity contribution is 7.89. The number of hydrogen-bond acceptors (Lipinski definition) is 3. The predicted octanol–water partition coefficient (Wildman–Crippen LogP) is 3.66. The van der Waals surface area contributed by atoms with Crippen LogP contribution in [-0.2, 0) is 14.8 Å². The maximum atomic E-state index is 13.1. The summed E-state index contributed by atoms with van der Waals surface area (Å²) in [7, 11) is -3.89. The first-order chi connectivity index (χ1) is 12.4. The second kappa shape index (κ2) is 7.73. The molecule has 1 saturated heterocycles. The third kappa shape index (κ3) is 4.06. The van der Waals surface area contributed by atoms with Crippen molar-refractivity contribution in [2.24, 2.45) is 0 Å². The lowest BCUT2D eigenvalue weighted by Gasteiger charge is -2.33. The molecule has 0 aliphatic carbocycles. The van der Waals surface area contributed by atoms with Crippen molar-refractivity contribution < 1.29 is 17.6 Å². The molecule has 1 heterocycles. The van der Waals surface area contributed by atoms with Gasteiger partial charge < -0.3 is 5.32 Å². The minimum Gasteiger partial charge on any atom is -0.325 e. The fraction of sp³-hybridized carbons (Fsp3) is 0.278. The Labute approximate surface area is 156 Å². The van der Waals surface area contributed by atoms with Crippen LogP contribution in [0.15, 0.2) is 53.4 Å². The molecule has 3 rings (SSSR count). The van der Waals surface area contributed by atoms with Gasteiger partial charge in [0.1, 0.15) is 11.9 Å². The van der Waals surface area contributed by atoms with Gasteiger partial charge in [0.2, 0.25) is 15.9 Å². The SMILES string of the molecule is O=C(Nc1cccc(Cl)c1)[C@@H]1CCCCN1S(=O)(=O)c1ccc(F)cc1. The third-order valence-electron chi connectivity index (χ3n) is 4.27. The summed E-state index contributed by atoms with van der Waals surface area (Å²) in [6.07, 6.45) is 1.84. The van der Waals surface area contributed by atoms with Gasteiger partial charge in [-0.05, 0) is 55.3 Å². The molecular formula is C18H18ClFN2O3S. The van der Waals surface area contributed by atoms with E-state index in [9.17, 15) is 17.6 Å². The summed E-state index contributed by atoms with van der Waals surface area (Å²) in [6.45, 7) is 0.243. The lowest BCUT2D eigenvalue weighted by Crippen LogP contribution is -2.49. The Morgan fingerprint density at radius 2 is 1.88 bits per heavy atom. The van der Waals surface area contributed by atoms with Gasteiger partial charge in [0, 0.05) is 17.3 Å². The van der Waals surface area contributed by atoms with Gasteiger partial charge in [0.05, 0.1) is 4.90 Å². The predicted molar refractivity (Wildman–Crippen MR) is 98.0 cm³/mol. The molecule has 0 saturated carbocycles. The zero-order valence-electron chi connectivity index (χ0n) is 13.9. The standard InChI is InChI=1S/C18H18ClFN2O3S/c19-13-4-3-5-15(12-13)21-18(23)17-6-1-2-11-22(17)26(24,25)16-9-7-14(20)8-10-16/h3-5,7-10,12,17H,1-2,6,11H2,(H,21,23)/t17-/m0/s1. The van der Waals surface area contributed by atoms with Crippen LogP contribution >= 0.6 is 11.6 Å². The highest BCUT2D eigenvalue weighted by Gasteiger charge is 2.37. The van der Waals surface area contributed by atoms with E-state index < -0.39 is 27.8 Å². The maximum Gasteiger partial charge on any atom is 0.243 e. The van der Waals surface area contributed by atoms with Crippen LogP contribution in [0, 0.1) is 5.82 Å². The molecule has 5 nitrogen and oxygen atoms in total. The van der Waals surface area contributed by atoms with E-state index in [0.29, 0.717) is 23.6 Å². The van der Waals surface area contributed by atoms with E-state index in [1.165, 1.54) is 16.4 Å². The maximum absolute atomic E-state index is 13.1. The van der Waals surface area contributed by atoms with E-state index in [-0.39, 0.29) is 11.4 Å². The zero-order valence-corrected chi connectivity index (χ0v) is 15.4. The normalized spacial score (nSPS) is 18.5. The summed E-state index contributed by atoms with van der Waals surface area (Å²) < 4.78 is 40.2. The topological polar surface area (TPSA) is 66.5 Å². The van der Waals surface area contributed by atoms with Crippen LogP contribution in [0.4, 0.5) is 10.1 Å². The van der Waals surface area contributed by atoms with Crippen LogP contribution < -0.4 is 5.32 Å². The summed E-state index contributed by atoms with van der Waals surface area (Å²) in [4.78, 5) is 12.7. The van der Waals surface area contributed by atoms with Crippen molar-refractivity contribution in [3.05, 3.63) is 59.4 Å². The van der Waals surface area contributed by atoms with Crippen molar-refractivity contribution in [2.75, 3.05) is 11.9 Å². The van der Waals surface area contributed by atoms with Gasteiger partial charge in [-0.25, -0.2) is 12.8 Å². The summed E-state index contributed by atoms with van der Waals surface area (Å²) in [5, 5.41) is 3.20. The number of piperidine rings is 1. The molecule has 8 heteroatoms. The van der Waals surface area contributed by atoms with Gasteiger partial charge in [-0.2, -0.15) is 4.31 Å². The Morgan fingerprint density at radius 3 is 2.58 bits per heavy atom. The van der Waals surface area contributed by atoms with Gasteiger partial charge in [-0.15, -0.1) is 0 Å². The molecule has 138 valence electrons. The summed E-state index contributed by atoms with van der Waals surface area (Å²) in [6, 6.07) is 10.5. The molecule has 1 fully saturated rings. The van der Waals surface area contributed by atoms with Crippen LogP contribution in [0.1, 0.15) is 19.3 Å². The summed E-state index contributed by atoms with van der Waals surface area (Å²) >= 11 is 5.92. The van der Waals surface area contributed by atoms with Crippen LogP contribution in [-0.4, -0.2) is 31.2 Å². The Kier molecular flexibility index (Phi) is 5.60. The average molecular weight is 397 g/mol. The number of nitrogens with zero attached hydrogens (tertiary/aromatic N) is 1. The molecule has 0 bridgehead atoms. The van der Waals surface area contributed by atoms with E-state index >= 15 is 0 Å². The second-order valence-corrected chi connectivity index (χ2v) is 8.41. The monoisotopic (exact) mass is 396 g/mol. The van der Waals surface area contributed by atoms with E-state index in [1.54, 1.807) is 24.3 Å². The summed E-state index contributed by atoms with van der Waals surface area (Å²) in [5.41, 5.74) is 0.507. The number of carbonyl (C=O) groups excluding carboxylic acids is 1. The Hall–Kier alpha value is -1.96. The Bertz CT molecular complexity index is 903. The minimum absolute atomic E-state index is 0.0265. The molecule has 0 unspecified atom stereocenters. The van der Waals surface area contributed by atoms with Crippen molar-refractivity contribution in [1.82, 2.24) is 4.31 Å². The number of sulfonamides is 1. The smallest absolute Gasteiger partial charge is 0.243 e. The lowest BCUT2D eigenvalue weighted by molar-refractivity contribution is -0.120. The first-order valence-electron chi connectivity index (χ1n) is 8.22. The number of halogens is 2. The van der Waals surface area contributed by atoms with E-state index in [4.69, 9.17) is 11.6 Å². The number of nitrogens with one attached hydrogen (secondary N) is 1. The van der Waals surface area contributed by atoms with Crippen LogP contribution in [0.25, 0.3) is 0 Å². The molecule has 26 heavy (non-hydrogen) atoms. The zero-order chi connectivity index (χ0) is 18.7. The van der Waals surface area contributed by atoms with Crippen molar-refractivity contribution in [2.45, 2.75) is 30.2 Å². The van der Waals surface area contributed by atoms with Crippen molar-refractivity contribution in [1.29, 1.82) is 0 Å². The highest BCUT2D eigenvalue weighted by Crippen LogP contribution is 2.27. The molecule has 0 spiro atoms. The molecule has 2 aromatic carbocycles. The third-order valence-corrected chi connectivity index (χ3v) is 6.43. The molecule has 1 N–H and O–H groups in total.